The van der Waals surface area contributed by atoms with Crippen LogP contribution in [0.3, 0.4) is 0 Å². The lowest BCUT2D eigenvalue weighted by atomic mass is 10.4. The first-order chi connectivity index (χ1) is 9.72. The maximum atomic E-state index is 5.88. The van der Waals surface area contributed by atoms with Crippen molar-refractivity contribution in [3.05, 3.63) is 52.7 Å². The van der Waals surface area contributed by atoms with E-state index in [1.807, 2.05) is 48.7 Å². The van der Waals surface area contributed by atoms with E-state index in [4.69, 9.17) is 16.0 Å². The summed E-state index contributed by atoms with van der Waals surface area (Å²) in [7, 11) is 0. The molecule has 0 unspecified atom stereocenters. The van der Waals surface area contributed by atoms with Crippen molar-refractivity contribution in [1.29, 1.82) is 0 Å². The van der Waals surface area contributed by atoms with Crippen LogP contribution in [0.1, 0.15) is 18.1 Å². The lowest BCUT2D eigenvalue weighted by Gasteiger charge is -2.06. The standard InChI is InChI=1S/C14H11ClN2OS2/c1-9(20-11-6-4-10(15)5-7-11)13-16-17-14(18-13)12-3-2-8-19-12/h2-9H,1H3/t9-/m1/s1. The van der Waals surface area contributed by atoms with Crippen molar-refractivity contribution in [1.82, 2.24) is 10.2 Å². The lowest BCUT2D eigenvalue weighted by Crippen LogP contribution is -1.88. The second-order valence-corrected chi connectivity index (χ2v) is 6.94. The third-order valence-electron chi connectivity index (χ3n) is 2.65. The molecule has 0 aliphatic carbocycles. The zero-order chi connectivity index (χ0) is 13.9. The summed E-state index contributed by atoms with van der Waals surface area (Å²) in [5, 5.41) is 11.0. The molecule has 0 saturated heterocycles. The third-order valence-corrected chi connectivity index (χ3v) is 4.86. The van der Waals surface area contributed by atoms with E-state index in [1.165, 1.54) is 0 Å². The van der Waals surface area contributed by atoms with Crippen molar-refractivity contribution in [2.24, 2.45) is 0 Å². The Morgan fingerprint density at radius 3 is 2.70 bits per heavy atom. The third kappa shape index (κ3) is 3.06. The van der Waals surface area contributed by atoms with E-state index in [-0.39, 0.29) is 5.25 Å². The van der Waals surface area contributed by atoms with E-state index in [1.54, 1.807) is 23.1 Å². The minimum atomic E-state index is 0.0948. The fourth-order valence-corrected chi connectivity index (χ4v) is 3.33. The summed E-state index contributed by atoms with van der Waals surface area (Å²) in [5.74, 6) is 1.21. The van der Waals surface area contributed by atoms with Crippen molar-refractivity contribution in [3.63, 3.8) is 0 Å². The normalized spacial score (nSPS) is 12.5. The van der Waals surface area contributed by atoms with Gasteiger partial charge in [0.15, 0.2) is 0 Å². The maximum absolute atomic E-state index is 5.88. The highest BCUT2D eigenvalue weighted by molar-refractivity contribution is 7.99. The number of thiophene rings is 1. The van der Waals surface area contributed by atoms with Crippen LogP contribution >= 0.6 is 34.7 Å². The summed E-state index contributed by atoms with van der Waals surface area (Å²) in [6.07, 6.45) is 0. The Morgan fingerprint density at radius 2 is 2.00 bits per heavy atom. The Bertz CT molecular complexity index is 680. The van der Waals surface area contributed by atoms with Crippen LogP contribution in [0.4, 0.5) is 0 Å². The van der Waals surface area contributed by atoms with Crippen molar-refractivity contribution in [2.45, 2.75) is 17.1 Å². The summed E-state index contributed by atoms with van der Waals surface area (Å²) >= 11 is 9.13. The molecule has 0 spiro atoms. The number of benzene rings is 1. The molecule has 0 radical (unpaired) electrons. The van der Waals surface area contributed by atoms with Crippen molar-refractivity contribution >= 4 is 34.7 Å². The molecule has 0 aliphatic rings. The van der Waals surface area contributed by atoms with E-state index >= 15 is 0 Å². The minimum absolute atomic E-state index is 0.0948. The number of thioether (sulfide) groups is 1. The van der Waals surface area contributed by atoms with Gasteiger partial charge in [-0.3, -0.25) is 0 Å². The van der Waals surface area contributed by atoms with E-state index in [2.05, 4.69) is 10.2 Å². The van der Waals surface area contributed by atoms with Gasteiger partial charge in [-0.15, -0.1) is 33.3 Å². The van der Waals surface area contributed by atoms with Crippen LogP contribution in [0, 0.1) is 0 Å². The van der Waals surface area contributed by atoms with Gasteiger partial charge in [0.2, 0.25) is 5.89 Å². The van der Waals surface area contributed by atoms with Crippen LogP contribution in [-0.4, -0.2) is 10.2 Å². The Labute approximate surface area is 130 Å². The molecule has 1 atom stereocenters. The van der Waals surface area contributed by atoms with Crippen LogP contribution in [0.5, 0.6) is 0 Å². The Balaban J connectivity index is 1.74. The molecule has 0 amide bonds. The Hall–Kier alpha value is -1.30. The molecular formula is C14H11ClN2OS2. The molecule has 3 nitrogen and oxygen atoms in total. The maximum Gasteiger partial charge on any atom is 0.257 e. The monoisotopic (exact) mass is 322 g/mol. The molecule has 0 aliphatic heterocycles. The first kappa shape index (κ1) is 13.7. The number of hydrogen-bond acceptors (Lipinski definition) is 5. The van der Waals surface area contributed by atoms with Gasteiger partial charge in [-0.05, 0) is 42.6 Å². The van der Waals surface area contributed by atoms with Crippen LogP contribution in [0.15, 0.2) is 51.1 Å². The Kier molecular flexibility index (Phi) is 4.10. The Morgan fingerprint density at radius 1 is 1.20 bits per heavy atom. The van der Waals surface area contributed by atoms with Crippen LogP contribution in [0.25, 0.3) is 10.8 Å². The van der Waals surface area contributed by atoms with Crippen molar-refractivity contribution in [2.75, 3.05) is 0 Å². The fraction of sp³-hybridized carbons (Fsp3) is 0.143. The molecule has 0 bridgehead atoms. The molecule has 1 aromatic carbocycles. The molecule has 20 heavy (non-hydrogen) atoms. The quantitative estimate of drug-likeness (QED) is 0.610. The predicted molar refractivity (Wildman–Crippen MR) is 83.3 cm³/mol. The number of halogens is 1. The smallest absolute Gasteiger partial charge is 0.257 e. The molecule has 0 saturated carbocycles. The predicted octanol–water partition coefficient (Wildman–Crippen LogP) is 5.30. The summed E-state index contributed by atoms with van der Waals surface area (Å²) in [4.78, 5) is 2.12. The summed E-state index contributed by atoms with van der Waals surface area (Å²) < 4.78 is 5.73. The SMILES string of the molecule is C[C@@H](Sc1ccc(Cl)cc1)c1nnc(-c2cccs2)o1. The molecule has 102 valence electrons. The molecule has 0 N–H and O–H groups in total. The molecule has 2 heterocycles. The minimum Gasteiger partial charge on any atom is -0.419 e. The van der Waals surface area contributed by atoms with Crippen LogP contribution in [-0.2, 0) is 0 Å². The first-order valence-electron chi connectivity index (χ1n) is 6.02. The van der Waals surface area contributed by atoms with E-state index in [0.29, 0.717) is 11.8 Å². The second-order valence-electron chi connectivity index (χ2n) is 4.14. The number of nitrogens with zero attached hydrogens (tertiary/aromatic N) is 2. The van der Waals surface area contributed by atoms with Gasteiger partial charge in [-0.2, -0.15) is 0 Å². The van der Waals surface area contributed by atoms with Crippen molar-refractivity contribution in [3.8, 4) is 10.8 Å². The highest BCUT2D eigenvalue weighted by atomic mass is 35.5. The van der Waals surface area contributed by atoms with Gasteiger partial charge < -0.3 is 4.42 Å². The average molecular weight is 323 g/mol. The molecule has 0 fully saturated rings. The number of aromatic nitrogens is 2. The van der Waals surface area contributed by atoms with Gasteiger partial charge in [0, 0.05) is 9.92 Å². The van der Waals surface area contributed by atoms with Gasteiger partial charge >= 0.3 is 0 Å². The van der Waals surface area contributed by atoms with E-state index in [0.717, 1.165) is 14.8 Å². The molecule has 6 heteroatoms. The first-order valence-corrected chi connectivity index (χ1v) is 8.15. The highest BCUT2D eigenvalue weighted by Crippen LogP contribution is 2.35. The lowest BCUT2D eigenvalue weighted by molar-refractivity contribution is 0.510. The molecular weight excluding hydrogens is 312 g/mol. The average Bonchev–Trinajstić information content (AvgIpc) is 3.11. The van der Waals surface area contributed by atoms with Crippen LogP contribution < -0.4 is 0 Å². The molecule has 2 aromatic heterocycles. The number of hydrogen-bond donors (Lipinski definition) is 0. The zero-order valence-electron chi connectivity index (χ0n) is 10.6. The van der Waals surface area contributed by atoms with Gasteiger partial charge in [0.05, 0.1) is 10.1 Å². The van der Waals surface area contributed by atoms with Gasteiger partial charge in [-0.1, -0.05) is 17.7 Å². The van der Waals surface area contributed by atoms with E-state index < -0.39 is 0 Å². The van der Waals surface area contributed by atoms with Crippen LogP contribution in [0.2, 0.25) is 5.02 Å². The number of rotatable bonds is 4. The molecule has 3 aromatic rings. The summed E-state index contributed by atoms with van der Waals surface area (Å²) in [6, 6.07) is 11.7. The summed E-state index contributed by atoms with van der Waals surface area (Å²) in [6.45, 7) is 2.05. The molecule has 3 rings (SSSR count). The van der Waals surface area contributed by atoms with Gasteiger partial charge in [-0.25, -0.2) is 0 Å². The van der Waals surface area contributed by atoms with Gasteiger partial charge in [0.25, 0.3) is 5.89 Å². The van der Waals surface area contributed by atoms with Crippen molar-refractivity contribution < 1.29 is 4.42 Å². The topological polar surface area (TPSA) is 38.9 Å². The second kappa shape index (κ2) is 5.99. The fourth-order valence-electron chi connectivity index (χ4n) is 1.67. The zero-order valence-corrected chi connectivity index (χ0v) is 13.0. The van der Waals surface area contributed by atoms with E-state index in [9.17, 15) is 0 Å². The largest absolute Gasteiger partial charge is 0.419 e. The van der Waals surface area contributed by atoms with Gasteiger partial charge in [0.1, 0.15) is 0 Å². The highest BCUT2D eigenvalue weighted by Gasteiger charge is 2.16. The summed E-state index contributed by atoms with van der Waals surface area (Å²) in [5.41, 5.74) is 0.